The zero-order chi connectivity index (χ0) is 20.2. The van der Waals surface area contributed by atoms with Crippen LogP contribution in [-0.4, -0.2) is 28.7 Å². The fourth-order valence-electron chi connectivity index (χ4n) is 3.11. The van der Waals surface area contributed by atoms with Gasteiger partial charge in [-0.1, -0.05) is 48.2 Å². The van der Waals surface area contributed by atoms with Gasteiger partial charge in [0.25, 0.3) is 0 Å². The minimum absolute atomic E-state index is 0.0942. The molecule has 2 aromatic carbocycles. The maximum atomic E-state index is 12.5. The number of ether oxygens (including phenoxy) is 1. The van der Waals surface area contributed by atoms with Gasteiger partial charge in [0.15, 0.2) is 0 Å². The summed E-state index contributed by atoms with van der Waals surface area (Å²) >= 11 is 3.07. The van der Waals surface area contributed by atoms with Gasteiger partial charge in [-0.05, 0) is 24.6 Å². The number of nitrogens with zero attached hydrogens (tertiary/aromatic N) is 2. The van der Waals surface area contributed by atoms with Gasteiger partial charge in [0.1, 0.15) is 21.9 Å². The fraction of sp³-hybridized carbons (Fsp3) is 0.136. The molecule has 0 radical (unpaired) electrons. The van der Waals surface area contributed by atoms with Crippen LogP contribution in [0.15, 0.2) is 66.0 Å². The number of methoxy groups -OCH3 is 1. The first-order chi connectivity index (χ1) is 14.2. The summed E-state index contributed by atoms with van der Waals surface area (Å²) in [4.78, 5) is 23.5. The molecule has 5 nitrogen and oxygen atoms in total. The molecule has 7 heteroatoms. The van der Waals surface area contributed by atoms with Crippen molar-refractivity contribution in [2.75, 3.05) is 18.2 Å². The second-order valence-electron chi connectivity index (χ2n) is 6.33. The summed E-state index contributed by atoms with van der Waals surface area (Å²) in [6.07, 6.45) is 1.56. The largest absolute Gasteiger partial charge is 0.497 e. The minimum atomic E-state index is -0.0942. The third-order valence-corrected chi connectivity index (χ3v) is 6.39. The van der Waals surface area contributed by atoms with Crippen LogP contribution < -0.4 is 10.1 Å². The molecule has 146 valence electrons. The molecule has 2 heterocycles. The Labute approximate surface area is 177 Å². The molecule has 0 unspecified atom stereocenters. The summed E-state index contributed by atoms with van der Waals surface area (Å²) in [5.41, 5.74) is 2.98. The van der Waals surface area contributed by atoms with Crippen LogP contribution >= 0.6 is 23.1 Å². The van der Waals surface area contributed by atoms with Crippen LogP contribution in [0.4, 0.5) is 5.69 Å². The van der Waals surface area contributed by atoms with Crippen molar-refractivity contribution >= 4 is 44.9 Å². The zero-order valence-corrected chi connectivity index (χ0v) is 17.6. The van der Waals surface area contributed by atoms with Gasteiger partial charge in [-0.25, -0.2) is 9.97 Å². The van der Waals surface area contributed by atoms with Gasteiger partial charge in [0.05, 0.1) is 18.2 Å². The third kappa shape index (κ3) is 4.26. The molecule has 0 aliphatic carbocycles. The number of thioether (sulfide) groups is 1. The average Bonchev–Trinajstić information content (AvgIpc) is 3.09. The normalized spacial score (nSPS) is 10.8. The molecule has 0 aliphatic rings. The van der Waals surface area contributed by atoms with Crippen LogP contribution in [0.2, 0.25) is 0 Å². The van der Waals surface area contributed by atoms with Crippen molar-refractivity contribution in [3.05, 3.63) is 65.8 Å². The van der Waals surface area contributed by atoms with E-state index in [2.05, 4.69) is 34.3 Å². The van der Waals surface area contributed by atoms with E-state index < -0.39 is 0 Å². The van der Waals surface area contributed by atoms with E-state index in [9.17, 15) is 4.79 Å². The molecule has 0 saturated carbocycles. The Morgan fingerprint density at radius 3 is 2.76 bits per heavy atom. The van der Waals surface area contributed by atoms with E-state index in [-0.39, 0.29) is 11.7 Å². The molecule has 4 rings (SSSR count). The lowest BCUT2D eigenvalue weighted by Gasteiger charge is -2.08. The number of hydrogen-bond donors (Lipinski definition) is 1. The highest BCUT2D eigenvalue weighted by atomic mass is 32.2. The predicted molar refractivity (Wildman–Crippen MR) is 120 cm³/mol. The molecule has 0 saturated heterocycles. The van der Waals surface area contributed by atoms with Crippen molar-refractivity contribution in [1.29, 1.82) is 0 Å². The number of aryl methyl sites for hydroxylation is 1. The second kappa shape index (κ2) is 8.63. The van der Waals surface area contributed by atoms with Crippen molar-refractivity contribution < 1.29 is 9.53 Å². The molecule has 0 aliphatic heterocycles. The van der Waals surface area contributed by atoms with Crippen LogP contribution in [0.3, 0.4) is 0 Å². The van der Waals surface area contributed by atoms with E-state index in [0.29, 0.717) is 11.4 Å². The maximum Gasteiger partial charge on any atom is 0.234 e. The highest BCUT2D eigenvalue weighted by molar-refractivity contribution is 8.00. The quantitative estimate of drug-likeness (QED) is 0.333. The number of hydrogen-bond acceptors (Lipinski definition) is 6. The first-order valence-corrected chi connectivity index (χ1v) is 10.8. The van der Waals surface area contributed by atoms with E-state index in [4.69, 9.17) is 4.74 Å². The molecule has 0 fully saturated rings. The van der Waals surface area contributed by atoms with E-state index in [1.165, 1.54) is 16.6 Å². The van der Waals surface area contributed by atoms with Gasteiger partial charge in [-0.2, -0.15) is 0 Å². The van der Waals surface area contributed by atoms with Crippen LogP contribution in [0.1, 0.15) is 4.88 Å². The number of thiophene rings is 1. The van der Waals surface area contributed by atoms with Crippen LogP contribution in [0.5, 0.6) is 5.75 Å². The van der Waals surface area contributed by atoms with Crippen molar-refractivity contribution in [2.24, 2.45) is 0 Å². The number of rotatable bonds is 6. The van der Waals surface area contributed by atoms with Gasteiger partial charge in [-0.3, -0.25) is 4.79 Å². The summed E-state index contributed by atoms with van der Waals surface area (Å²) in [6.45, 7) is 2.10. The number of anilines is 1. The lowest BCUT2D eigenvalue weighted by atomic mass is 10.0. The lowest BCUT2D eigenvalue weighted by molar-refractivity contribution is -0.113. The van der Waals surface area contributed by atoms with Crippen molar-refractivity contribution in [1.82, 2.24) is 9.97 Å². The van der Waals surface area contributed by atoms with E-state index >= 15 is 0 Å². The summed E-state index contributed by atoms with van der Waals surface area (Å²) in [7, 11) is 1.60. The number of amides is 1. The van der Waals surface area contributed by atoms with Gasteiger partial charge in [-0.15, -0.1) is 11.3 Å². The highest BCUT2D eigenvalue weighted by Crippen LogP contribution is 2.41. The zero-order valence-electron chi connectivity index (χ0n) is 16.0. The number of carbonyl (C=O) groups excluding carboxylic acids is 1. The molecular weight excluding hydrogens is 402 g/mol. The summed E-state index contributed by atoms with van der Waals surface area (Å²) in [6, 6.07) is 17.5. The Morgan fingerprint density at radius 2 is 1.97 bits per heavy atom. The molecule has 0 bridgehead atoms. The summed E-state index contributed by atoms with van der Waals surface area (Å²) in [5, 5.41) is 4.74. The molecule has 4 aromatic rings. The van der Waals surface area contributed by atoms with Crippen molar-refractivity contribution in [3.63, 3.8) is 0 Å². The predicted octanol–water partition coefficient (Wildman–Crippen LogP) is 5.41. The summed E-state index contributed by atoms with van der Waals surface area (Å²) < 4.78 is 5.20. The Kier molecular flexibility index (Phi) is 5.78. The molecule has 0 atom stereocenters. The highest BCUT2D eigenvalue weighted by Gasteiger charge is 2.17. The third-order valence-electron chi connectivity index (χ3n) is 4.39. The average molecular weight is 422 g/mol. The Hall–Kier alpha value is -2.90. The number of fused-ring (bicyclic) bond motifs is 1. The Morgan fingerprint density at radius 1 is 1.14 bits per heavy atom. The summed E-state index contributed by atoms with van der Waals surface area (Å²) in [5.74, 6) is 0.865. The molecule has 2 aromatic heterocycles. The van der Waals surface area contributed by atoms with Crippen LogP contribution in [0, 0.1) is 6.92 Å². The molecule has 0 spiro atoms. The molecule has 1 amide bonds. The SMILES string of the molecule is COc1cccc(NC(=O)CSc2ncnc3sc(C)c(-c4ccccc4)c23)c1. The first kappa shape index (κ1) is 19.4. The van der Waals surface area contributed by atoms with Gasteiger partial charge >= 0.3 is 0 Å². The van der Waals surface area contributed by atoms with Crippen molar-refractivity contribution in [3.8, 4) is 16.9 Å². The topological polar surface area (TPSA) is 64.1 Å². The molecule has 1 N–H and O–H groups in total. The maximum absolute atomic E-state index is 12.5. The van der Waals surface area contributed by atoms with Gasteiger partial charge in [0.2, 0.25) is 5.91 Å². The fourth-order valence-corrected chi connectivity index (χ4v) is 4.99. The minimum Gasteiger partial charge on any atom is -0.497 e. The van der Waals surface area contributed by atoms with Crippen molar-refractivity contribution in [2.45, 2.75) is 11.9 Å². The van der Waals surface area contributed by atoms with E-state index in [1.807, 2.05) is 36.4 Å². The number of nitrogens with one attached hydrogen (secondary N) is 1. The Bertz CT molecular complexity index is 1160. The van der Waals surface area contributed by atoms with Crippen LogP contribution in [-0.2, 0) is 4.79 Å². The monoisotopic (exact) mass is 421 g/mol. The number of aromatic nitrogens is 2. The first-order valence-electron chi connectivity index (χ1n) is 9.02. The van der Waals surface area contributed by atoms with Gasteiger partial charge in [0, 0.05) is 22.2 Å². The van der Waals surface area contributed by atoms with Gasteiger partial charge < -0.3 is 10.1 Å². The number of carbonyl (C=O) groups is 1. The molecular formula is C22H19N3O2S2. The standard InChI is InChI=1S/C22H19N3O2S2/c1-14-19(15-7-4-3-5-8-15)20-21(23-13-24-22(20)29-14)28-12-18(26)25-16-9-6-10-17(11-16)27-2/h3-11,13H,12H2,1-2H3,(H,25,26). The van der Waals surface area contributed by atoms with E-state index in [1.54, 1.807) is 30.8 Å². The smallest absolute Gasteiger partial charge is 0.234 e. The second-order valence-corrected chi connectivity index (χ2v) is 8.49. The number of benzene rings is 2. The Balaban J connectivity index is 1.57. The van der Waals surface area contributed by atoms with Crippen LogP contribution in [0.25, 0.3) is 21.3 Å². The molecule has 29 heavy (non-hydrogen) atoms. The van der Waals surface area contributed by atoms with E-state index in [0.717, 1.165) is 26.4 Å². The lowest BCUT2D eigenvalue weighted by Crippen LogP contribution is -2.14.